The van der Waals surface area contributed by atoms with E-state index in [-0.39, 0.29) is 4.90 Å². The van der Waals surface area contributed by atoms with Gasteiger partial charge in [0.1, 0.15) is 5.69 Å². The number of sulfonamides is 1. The van der Waals surface area contributed by atoms with E-state index in [2.05, 4.69) is 35.9 Å². The molecule has 154 valence electrons. The summed E-state index contributed by atoms with van der Waals surface area (Å²) in [4.78, 5) is 4.37. The number of pyridine rings is 1. The molecule has 0 aliphatic rings. The zero-order valence-corrected chi connectivity index (χ0v) is 18.4. The minimum atomic E-state index is -3.46. The van der Waals surface area contributed by atoms with E-state index in [9.17, 15) is 8.42 Å². The molecular formula is C20H24BrN5O2S. The van der Waals surface area contributed by atoms with Gasteiger partial charge in [0.2, 0.25) is 10.0 Å². The fourth-order valence-corrected chi connectivity index (χ4v) is 5.01. The maximum Gasteiger partial charge on any atom is 0.241 e. The van der Waals surface area contributed by atoms with E-state index in [0.29, 0.717) is 11.0 Å². The number of hydrogen-bond acceptors (Lipinski definition) is 5. The lowest BCUT2D eigenvalue weighted by atomic mass is 10.1. The average Bonchev–Trinajstić information content (AvgIpc) is 3.20. The van der Waals surface area contributed by atoms with E-state index in [1.165, 1.54) is 0 Å². The second-order valence-corrected chi connectivity index (χ2v) is 9.29. The zero-order chi connectivity index (χ0) is 20.5. The molecule has 0 amide bonds. The van der Waals surface area contributed by atoms with Gasteiger partial charge in [-0.2, -0.15) is 0 Å². The highest BCUT2D eigenvalue weighted by molar-refractivity contribution is 9.10. The summed E-state index contributed by atoms with van der Waals surface area (Å²) in [7, 11) is -3.46. The molecule has 3 rings (SSSR count). The first-order chi connectivity index (χ1) is 14.1. The Morgan fingerprint density at radius 2 is 1.79 bits per heavy atom. The van der Waals surface area contributed by atoms with E-state index < -0.39 is 10.0 Å². The number of hydrogen-bond donors (Lipinski definition) is 1. The van der Waals surface area contributed by atoms with Crippen molar-refractivity contribution in [2.45, 2.75) is 43.5 Å². The standard InChI is InChI=1S/C20H24BrN5O2S/c21-18-10-4-5-11-20(18)29(27,28)23-13-6-2-1-3-7-14-26-16-19(24-25-26)17-9-8-12-22-15-17/h4-5,8-12,15-16,23H,1-3,6-7,13-14H2. The second-order valence-electron chi connectivity index (χ2n) is 6.70. The molecule has 0 saturated heterocycles. The maximum absolute atomic E-state index is 12.3. The number of rotatable bonds is 11. The number of benzene rings is 1. The Hall–Kier alpha value is -2.10. The smallest absolute Gasteiger partial charge is 0.241 e. The molecule has 0 saturated carbocycles. The van der Waals surface area contributed by atoms with Crippen molar-refractivity contribution in [3.05, 3.63) is 59.5 Å². The quantitative estimate of drug-likeness (QED) is 0.421. The van der Waals surface area contributed by atoms with Crippen LogP contribution in [0.4, 0.5) is 0 Å². The summed E-state index contributed by atoms with van der Waals surface area (Å²) in [5, 5.41) is 8.35. The number of halogens is 1. The highest BCUT2D eigenvalue weighted by atomic mass is 79.9. The van der Waals surface area contributed by atoms with Gasteiger partial charge in [0.25, 0.3) is 0 Å². The predicted octanol–water partition coefficient (Wildman–Crippen LogP) is 4.03. The molecule has 9 heteroatoms. The van der Waals surface area contributed by atoms with Gasteiger partial charge in [-0.25, -0.2) is 13.1 Å². The molecule has 0 aliphatic carbocycles. The van der Waals surface area contributed by atoms with Crippen molar-refractivity contribution in [2.75, 3.05) is 6.54 Å². The molecule has 3 aromatic rings. The lowest BCUT2D eigenvalue weighted by molar-refractivity contribution is 0.515. The van der Waals surface area contributed by atoms with Gasteiger partial charge in [0, 0.05) is 35.5 Å². The predicted molar refractivity (Wildman–Crippen MR) is 116 cm³/mol. The molecule has 0 atom stereocenters. The fourth-order valence-electron chi connectivity index (χ4n) is 2.93. The van der Waals surface area contributed by atoms with Gasteiger partial charge in [-0.05, 0) is 53.0 Å². The summed E-state index contributed by atoms with van der Waals surface area (Å²) in [6.07, 6.45) is 10.4. The van der Waals surface area contributed by atoms with E-state index >= 15 is 0 Å². The molecule has 1 N–H and O–H groups in total. The molecule has 7 nitrogen and oxygen atoms in total. The first kappa shape index (κ1) is 21.6. The molecule has 29 heavy (non-hydrogen) atoms. The normalized spacial score (nSPS) is 11.6. The lowest BCUT2D eigenvalue weighted by Crippen LogP contribution is -2.25. The molecule has 0 unspecified atom stereocenters. The van der Waals surface area contributed by atoms with Gasteiger partial charge < -0.3 is 0 Å². The van der Waals surface area contributed by atoms with Crippen LogP contribution < -0.4 is 4.72 Å². The Labute approximate surface area is 179 Å². The van der Waals surface area contributed by atoms with Crippen LogP contribution in [0, 0.1) is 0 Å². The fraction of sp³-hybridized carbons (Fsp3) is 0.350. The summed E-state index contributed by atoms with van der Waals surface area (Å²) >= 11 is 3.28. The molecule has 0 bridgehead atoms. The van der Waals surface area contributed by atoms with Crippen molar-refractivity contribution in [1.82, 2.24) is 24.7 Å². The maximum atomic E-state index is 12.3. The van der Waals surface area contributed by atoms with E-state index in [1.807, 2.05) is 23.0 Å². The molecular weight excluding hydrogens is 454 g/mol. The van der Waals surface area contributed by atoms with E-state index in [4.69, 9.17) is 0 Å². The molecule has 0 spiro atoms. The summed E-state index contributed by atoms with van der Waals surface area (Å²) in [6, 6.07) is 10.7. The minimum absolute atomic E-state index is 0.276. The van der Waals surface area contributed by atoms with Crippen LogP contribution in [0.2, 0.25) is 0 Å². The Morgan fingerprint density at radius 3 is 2.59 bits per heavy atom. The van der Waals surface area contributed by atoms with Gasteiger partial charge in [0.05, 0.1) is 11.1 Å². The second kappa shape index (κ2) is 10.6. The highest BCUT2D eigenvalue weighted by Gasteiger charge is 2.15. The van der Waals surface area contributed by atoms with Crippen molar-refractivity contribution in [3.8, 4) is 11.3 Å². The number of nitrogens with one attached hydrogen (secondary N) is 1. The minimum Gasteiger partial charge on any atom is -0.264 e. The molecule has 2 heterocycles. The van der Waals surface area contributed by atoms with Crippen LogP contribution in [-0.4, -0.2) is 34.9 Å². The topological polar surface area (TPSA) is 89.8 Å². The van der Waals surface area contributed by atoms with Crippen LogP contribution in [0.15, 0.2) is 64.4 Å². The van der Waals surface area contributed by atoms with Crippen LogP contribution in [-0.2, 0) is 16.6 Å². The summed E-state index contributed by atoms with van der Waals surface area (Å²) in [5.74, 6) is 0. The Kier molecular flexibility index (Phi) is 7.91. The number of nitrogens with zero attached hydrogens (tertiary/aromatic N) is 4. The third kappa shape index (κ3) is 6.45. The Morgan fingerprint density at radius 1 is 1.00 bits per heavy atom. The van der Waals surface area contributed by atoms with Crippen molar-refractivity contribution in [2.24, 2.45) is 0 Å². The van der Waals surface area contributed by atoms with Crippen molar-refractivity contribution >= 4 is 26.0 Å². The zero-order valence-electron chi connectivity index (χ0n) is 16.0. The Bertz CT molecular complexity index is 1010. The van der Waals surface area contributed by atoms with E-state index in [0.717, 1.165) is 49.9 Å². The largest absolute Gasteiger partial charge is 0.264 e. The first-order valence-corrected chi connectivity index (χ1v) is 11.9. The van der Waals surface area contributed by atoms with Gasteiger partial charge in [0.15, 0.2) is 0 Å². The number of aromatic nitrogens is 4. The average molecular weight is 478 g/mol. The molecule has 1 aromatic carbocycles. The molecule has 2 aromatic heterocycles. The van der Waals surface area contributed by atoms with Crippen LogP contribution in [0.25, 0.3) is 11.3 Å². The monoisotopic (exact) mass is 477 g/mol. The molecule has 0 fully saturated rings. The van der Waals surface area contributed by atoms with E-state index in [1.54, 1.807) is 36.7 Å². The number of aryl methyl sites for hydroxylation is 1. The van der Waals surface area contributed by atoms with Gasteiger partial charge in [-0.1, -0.05) is 36.6 Å². The molecule has 0 aliphatic heterocycles. The van der Waals surface area contributed by atoms with Crippen LogP contribution in [0.5, 0.6) is 0 Å². The van der Waals surface area contributed by atoms with Crippen molar-refractivity contribution in [1.29, 1.82) is 0 Å². The van der Waals surface area contributed by atoms with Gasteiger partial charge in [-0.3, -0.25) is 9.67 Å². The van der Waals surface area contributed by atoms with Crippen molar-refractivity contribution < 1.29 is 8.42 Å². The van der Waals surface area contributed by atoms with Crippen LogP contribution >= 0.6 is 15.9 Å². The summed E-state index contributed by atoms with van der Waals surface area (Å²) in [5.41, 5.74) is 1.79. The summed E-state index contributed by atoms with van der Waals surface area (Å²) in [6.45, 7) is 1.27. The Balaban J connectivity index is 1.30. The SMILES string of the molecule is O=S(=O)(NCCCCCCCn1cc(-c2cccnc2)nn1)c1ccccc1Br. The molecule has 0 radical (unpaired) electrons. The number of unbranched alkanes of at least 4 members (excludes halogenated alkanes) is 4. The highest BCUT2D eigenvalue weighted by Crippen LogP contribution is 2.20. The third-order valence-corrected chi connectivity index (χ3v) is 6.95. The first-order valence-electron chi connectivity index (χ1n) is 9.61. The van der Waals surface area contributed by atoms with Gasteiger partial charge >= 0.3 is 0 Å². The lowest BCUT2D eigenvalue weighted by Gasteiger charge is -2.08. The van der Waals surface area contributed by atoms with Crippen LogP contribution in [0.3, 0.4) is 0 Å². The summed E-state index contributed by atoms with van der Waals surface area (Å²) < 4.78 is 29.7. The third-order valence-electron chi connectivity index (χ3n) is 4.48. The van der Waals surface area contributed by atoms with Gasteiger partial charge in [-0.15, -0.1) is 5.10 Å². The van der Waals surface area contributed by atoms with Crippen LogP contribution in [0.1, 0.15) is 32.1 Å². The van der Waals surface area contributed by atoms with Crippen molar-refractivity contribution in [3.63, 3.8) is 0 Å².